The molecule has 0 amide bonds. The van der Waals surface area contributed by atoms with E-state index in [1.165, 1.54) is 12.4 Å². The van der Waals surface area contributed by atoms with Crippen LogP contribution in [-0.4, -0.2) is 36.0 Å². The van der Waals surface area contributed by atoms with Gasteiger partial charge in [0.15, 0.2) is 0 Å². The second kappa shape index (κ2) is 5.74. The molecule has 4 nitrogen and oxygen atoms in total. The molecule has 7 heteroatoms. The number of rotatable bonds is 6. The molecule has 0 unspecified atom stereocenters. The summed E-state index contributed by atoms with van der Waals surface area (Å²) in [5.74, 6) is 0.230. The highest BCUT2D eigenvalue weighted by Crippen LogP contribution is 2.19. The van der Waals surface area contributed by atoms with Crippen LogP contribution in [0.5, 0.6) is 0 Å². The van der Waals surface area contributed by atoms with Crippen molar-refractivity contribution >= 4 is 5.95 Å². The Morgan fingerprint density at radius 2 is 2.25 bits per heavy atom. The molecule has 0 spiro atoms. The molecule has 0 fully saturated rings. The van der Waals surface area contributed by atoms with Crippen molar-refractivity contribution in [2.75, 3.05) is 25.6 Å². The zero-order chi connectivity index (χ0) is 12.0. The largest absolute Gasteiger partial charge is 0.406 e. The van der Waals surface area contributed by atoms with Crippen LogP contribution in [0.4, 0.5) is 19.1 Å². The predicted octanol–water partition coefficient (Wildman–Crippen LogP) is 1.89. The lowest BCUT2D eigenvalue weighted by molar-refractivity contribution is -0.140. The second-order valence-electron chi connectivity index (χ2n) is 3.27. The molecule has 0 aliphatic heterocycles. The maximum atomic E-state index is 12.1. The van der Waals surface area contributed by atoms with E-state index in [0.29, 0.717) is 13.2 Å². The van der Waals surface area contributed by atoms with Gasteiger partial charge in [-0.25, -0.2) is 4.98 Å². The molecule has 1 aromatic rings. The fourth-order valence-corrected chi connectivity index (χ4v) is 1.21. The lowest BCUT2D eigenvalue weighted by Crippen LogP contribution is -2.19. The molecule has 0 saturated heterocycles. The van der Waals surface area contributed by atoms with Gasteiger partial charge in [0.05, 0.1) is 0 Å². The van der Waals surface area contributed by atoms with Crippen LogP contribution in [0.1, 0.15) is 6.42 Å². The summed E-state index contributed by atoms with van der Waals surface area (Å²) in [4.78, 5) is 3.81. The highest BCUT2D eigenvalue weighted by Gasteiger charge is 2.28. The average molecular weight is 237 g/mol. The van der Waals surface area contributed by atoms with E-state index in [9.17, 15) is 13.2 Å². The van der Waals surface area contributed by atoms with Crippen molar-refractivity contribution in [2.45, 2.75) is 19.1 Å². The van der Waals surface area contributed by atoms with Crippen molar-refractivity contribution in [1.29, 1.82) is 0 Å². The van der Waals surface area contributed by atoms with Crippen molar-refractivity contribution in [2.24, 2.45) is 0 Å². The molecule has 0 aliphatic carbocycles. The summed E-state index contributed by atoms with van der Waals surface area (Å²) in [6.07, 6.45) is -0.879. The number of imidazole rings is 1. The number of anilines is 1. The summed E-state index contributed by atoms with van der Waals surface area (Å²) in [5.41, 5.74) is 0. The van der Waals surface area contributed by atoms with E-state index >= 15 is 0 Å². The Bertz CT molecular complexity index is 311. The SMILES string of the molecule is COCCCNc1nccn1CC(F)(F)F. The molecule has 16 heavy (non-hydrogen) atoms. The zero-order valence-corrected chi connectivity index (χ0v) is 8.92. The highest BCUT2D eigenvalue weighted by atomic mass is 19.4. The predicted molar refractivity (Wildman–Crippen MR) is 53.3 cm³/mol. The Morgan fingerprint density at radius 1 is 1.50 bits per heavy atom. The van der Waals surface area contributed by atoms with E-state index in [2.05, 4.69) is 10.3 Å². The minimum absolute atomic E-state index is 0.230. The molecule has 0 saturated carbocycles. The van der Waals surface area contributed by atoms with Gasteiger partial charge in [-0.2, -0.15) is 13.2 Å². The molecule has 1 N–H and O–H groups in total. The molecule has 0 radical (unpaired) electrons. The van der Waals surface area contributed by atoms with Crippen LogP contribution < -0.4 is 5.32 Å². The van der Waals surface area contributed by atoms with E-state index in [1.54, 1.807) is 7.11 Å². The maximum absolute atomic E-state index is 12.1. The Labute approximate surface area is 91.4 Å². The maximum Gasteiger partial charge on any atom is 0.406 e. The van der Waals surface area contributed by atoms with Crippen molar-refractivity contribution in [3.8, 4) is 0 Å². The number of halogens is 3. The first-order valence-corrected chi connectivity index (χ1v) is 4.83. The molecular formula is C9H14F3N3O. The van der Waals surface area contributed by atoms with Gasteiger partial charge < -0.3 is 14.6 Å². The summed E-state index contributed by atoms with van der Waals surface area (Å²) < 4.78 is 42.3. The second-order valence-corrected chi connectivity index (χ2v) is 3.27. The summed E-state index contributed by atoms with van der Waals surface area (Å²) in [7, 11) is 1.57. The van der Waals surface area contributed by atoms with Crippen LogP contribution in [-0.2, 0) is 11.3 Å². The van der Waals surface area contributed by atoms with Gasteiger partial charge in [-0.3, -0.25) is 0 Å². The van der Waals surface area contributed by atoms with Crippen LogP contribution in [0.15, 0.2) is 12.4 Å². The van der Waals surface area contributed by atoms with Gasteiger partial charge in [0, 0.05) is 32.7 Å². The van der Waals surface area contributed by atoms with E-state index in [1.807, 2.05) is 0 Å². The van der Waals surface area contributed by atoms with Crippen LogP contribution in [0.25, 0.3) is 0 Å². The number of aromatic nitrogens is 2. The van der Waals surface area contributed by atoms with Crippen molar-refractivity contribution in [1.82, 2.24) is 9.55 Å². The minimum Gasteiger partial charge on any atom is -0.385 e. The summed E-state index contributed by atoms with van der Waals surface area (Å²) in [5, 5.41) is 2.82. The van der Waals surface area contributed by atoms with Gasteiger partial charge in [0.2, 0.25) is 5.95 Å². The van der Waals surface area contributed by atoms with Gasteiger partial charge in [-0.15, -0.1) is 0 Å². The topological polar surface area (TPSA) is 39.1 Å². The Morgan fingerprint density at radius 3 is 2.88 bits per heavy atom. The number of nitrogens with zero attached hydrogens (tertiary/aromatic N) is 2. The first kappa shape index (κ1) is 12.8. The Balaban J connectivity index is 2.44. The minimum atomic E-state index is -4.23. The van der Waals surface area contributed by atoms with Gasteiger partial charge in [0.25, 0.3) is 0 Å². The number of hydrogen-bond donors (Lipinski definition) is 1. The first-order chi connectivity index (χ1) is 7.53. The summed E-state index contributed by atoms with van der Waals surface area (Å²) >= 11 is 0. The highest BCUT2D eigenvalue weighted by molar-refractivity contribution is 5.25. The summed E-state index contributed by atoms with van der Waals surface area (Å²) in [6.45, 7) is 0.0648. The zero-order valence-electron chi connectivity index (χ0n) is 8.92. The van der Waals surface area contributed by atoms with Gasteiger partial charge in [-0.1, -0.05) is 0 Å². The van der Waals surface area contributed by atoms with Crippen molar-refractivity contribution in [3.63, 3.8) is 0 Å². The Hall–Kier alpha value is -1.24. The molecule has 0 aliphatic rings. The van der Waals surface area contributed by atoms with Crippen LogP contribution in [0.3, 0.4) is 0 Å². The van der Waals surface area contributed by atoms with E-state index in [-0.39, 0.29) is 5.95 Å². The molecule has 0 atom stereocenters. The summed E-state index contributed by atoms with van der Waals surface area (Å²) in [6, 6.07) is 0. The number of hydrogen-bond acceptors (Lipinski definition) is 3. The molecule has 92 valence electrons. The van der Waals surface area contributed by atoms with Crippen LogP contribution in [0, 0.1) is 0 Å². The van der Waals surface area contributed by atoms with Gasteiger partial charge in [0.1, 0.15) is 6.54 Å². The number of alkyl halides is 3. The molecule has 0 aromatic carbocycles. The number of methoxy groups -OCH3 is 1. The molecular weight excluding hydrogens is 223 g/mol. The Kier molecular flexibility index (Phi) is 4.60. The van der Waals surface area contributed by atoms with E-state index in [0.717, 1.165) is 11.0 Å². The smallest absolute Gasteiger partial charge is 0.385 e. The van der Waals surface area contributed by atoms with E-state index in [4.69, 9.17) is 4.74 Å². The molecule has 1 heterocycles. The van der Waals surface area contributed by atoms with Crippen LogP contribution in [0.2, 0.25) is 0 Å². The third-order valence-corrected chi connectivity index (χ3v) is 1.87. The quantitative estimate of drug-likeness (QED) is 0.768. The van der Waals surface area contributed by atoms with Crippen LogP contribution >= 0.6 is 0 Å². The van der Waals surface area contributed by atoms with E-state index < -0.39 is 12.7 Å². The third-order valence-electron chi connectivity index (χ3n) is 1.87. The fourth-order valence-electron chi connectivity index (χ4n) is 1.21. The fraction of sp³-hybridized carbons (Fsp3) is 0.667. The van der Waals surface area contributed by atoms with Crippen molar-refractivity contribution < 1.29 is 17.9 Å². The first-order valence-electron chi connectivity index (χ1n) is 4.83. The number of ether oxygens (including phenoxy) is 1. The normalized spacial score (nSPS) is 11.8. The van der Waals surface area contributed by atoms with Gasteiger partial charge in [-0.05, 0) is 6.42 Å². The average Bonchev–Trinajstić information content (AvgIpc) is 2.58. The molecule has 1 aromatic heterocycles. The standard InChI is InChI=1S/C9H14F3N3O/c1-16-6-2-3-13-8-14-4-5-15(8)7-9(10,11)12/h4-5H,2-3,6-7H2,1H3,(H,13,14). The lowest BCUT2D eigenvalue weighted by Gasteiger charge is -2.11. The molecule has 1 rings (SSSR count). The lowest BCUT2D eigenvalue weighted by atomic mass is 10.4. The van der Waals surface area contributed by atoms with Crippen molar-refractivity contribution in [3.05, 3.63) is 12.4 Å². The number of nitrogens with one attached hydrogen (secondary N) is 1. The third kappa shape index (κ3) is 4.52. The molecule has 0 bridgehead atoms. The van der Waals surface area contributed by atoms with Gasteiger partial charge >= 0.3 is 6.18 Å². The monoisotopic (exact) mass is 237 g/mol.